The Morgan fingerprint density at radius 1 is 0.521 bits per heavy atom. The molecule has 1 atom stereocenters. The lowest BCUT2D eigenvalue weighted by atomic mass is 9.72. The van der Waals surface area contributed by atoms with Crippen molar-refractivity contribution in [2.45, 2.75) is 290 Å². The summed E-state index contributed by atoms with van der Waals surface area (Å²) in [6.45, 7) is 30.5. The van der Waals surface area contributed by atoms with Gasteiger partial charge in [0.25, 0.3) is 11.5 Å². The Bertz CT molecular complexity index is 5370. The molecule has 10 aromatic heterocycles. The Hall–Kier alpha value is -9.42. The van der Waals surface area contributed by atoms with E-state index in [2.05, 4.69) is 99.7 Å². The fourth-order valence-electron chi connectivity index (χ4n) is 15.4. The molecule has 650 valence electrons. The SMILES string of the molecule is CC1(C)CCC[C@@H](CC(=O)Nc2nc3cccnc3n2C2CCC2)O1.CC1(F)CC(CC(=O)Nc2nc3ccc(Cl)nc3n2C2CCC2)C1.CCOCCn1c(NC(=O)CC(C)(C)C)nc2ccc(Cl)nc21.COC(C)(C)CCC(=O)Nc1nc2ccc(Cl)nc2n1C1CCC1.[C-]#[N+]c1ccc2nc(NC(=O)CCC(C)(C)OC)n(C3CCC3)c2n1. The molecule has 0 bridgehead atoms. The van der Waals surface area contributed by atoms with E-state index in [9.17, 15) is 28.4 Å². The third kappa shape index (κ3) is 23.9. The minimum absolute atomic E-state index is 0.0107. The molecular weight excluding hydrogens is 1610 g/mol. The minimum Gasteiger partial charge on any atom is -0.380 e. The molecule has 16 rings (SSSR count). The van der Waals surface area contributed by atoms with Crippen molar-refractivity contribution in [1.29, 1.82) is 0 Å². The lowest BCUT2D eigenvalue weighted by Crippen LogP contribution is -2.38. The fraction of sp³-hybridized carbons (Fsp3) is 0.586. The highest BCUT2D eigenvalue weighted by Gasteiger charge is 2.42. The van der Waals surface area contributed by atoms with Gasteiger partial charge < -0.3 is 23.8 Å². The van der Waals surface area contributed by atoms with Gasteiger partial charge in [-0.3, -0.25) is 73.4 Å². The van der Waals surface area contributed by atoms with Crippen molar-refractivity contribution in [2.24, 2.45) is 11.3 Å². The third-order valence-corrected chi connectivity index (χ3v) is 23.8. The monoisotopic (exact) mass is 1720 g/mol. The standard InChI is InChI=1S/C19H26N4O2.C18H23N5O2.C17H20ClFN4O.C17H23ClN4O2.C16H23ClN4O2/c1-19(2)10-4-8-14(25-19)12-16(24)22-18-21-15-9-5-11-20-17(15)23(18)13-6-3-7-13;1-18(2,25-4)11-10-15(24)22-17-20-13-8-9-14(19-3)21-16(13)23(17)12-6-5-7-12;1-17(19)8-10(9-17)7-14(24)22-16-20-12-5-6-13(18)21-15(12)23(16)11-3-2-4-11;1-17(2,24-3)10-9-14(23)21-16-19-12-7-8-13(18)20-15(12)22(16)11-5-4-6-11;1-5-23-9-8-21-14-11(6-7-12(17)19-14)18-15(21)20-13(22)10-16(2,3)4/h5,9,11,13-14H,3-4,6-8,10,12H2,1-2H3,(H,21,22,24);8-9,12H,5-7,10-11H2,1-2,4H3,(H,20,22,24);5-6,10-11H,2-4,7-9H2,1H3,(H,20,22,24);7-8,11H,4-6,9-10H2,1-3H3,(H,19,21,23);6-7H,5,8-10H2,1-4H3,(H,18,20,22)/t14-;;;;/m0..../s1. The van der Waals surface area contributed by atoms with E-state index in [-0.39, 0.29) is 69.8 Å². The summed E-state index contributed by atoms with van der Waals surface area (Å²) in [5.41, 5.74) is 5.33. The largest absolute Gasteiger partial charge is 0.380 e. The Kier molecular flexibility index (Phi) is 29.6. The van der Waals surface area contributed by atoms with Crippen LogP contribution >= 0.6 is 34.8 Å². The van der Waals surface area contributed by atoms with E-state index in [0.717, 1.165) is 111 Å². The summed E-state index contributed by atoms with van der Waals surface area (Å²) in [6.07, 6.45) is 22.2. The number of aromatic nitrogens is 15. The van der Waals surface area contributed by atoms with Gasteiger partial charge >= 0.3 is 0 Å². The van der Waals surface area contributed by atoms with Crippen molar-refractivity contribution in [1.82, 2.24) is 72.7 Å². The van der Waals surface area contributed by atoms with Crippen LogP contribution in [0.5, 0.6) is 0 Å². The van der Waals surface area contributed by atoms with E-state index in [4.69, 9.17) is 60.3 Å². The second-order valence-electron chi connectivity index (χ2n) is 35.6. The molecule has 5 N–H and O–H groups in total. The smallest absolute Gasteiger partial charge is 0.271 e. The number of methoxy groups -OCH3 is 2. The molecule has 6 aliphatic rings. The number of carbonyl (C=O) groups is 5. The van der Waals surface area contributed by atoms with Crippen molar-refractivity contribution in [3.05, 3.63) is 93.7 Å². The number of fused-ring (bicyclic) bond motifs is 5. The van der Waals surface area contributed by atoms with E-state index >= 15 is 0 Å². The average Bonchev–Trinajstić information content (AvgIpc) is 1.64. The first-order valence-electron chi connectivity index (χ1n) is 42.3. The van der Waals surface area contributed by atoms with Gasteiger partial charge in [0, 0.05) is 76.9 Å². The van der Waals surface area contributed by atoms with Crippen LogP contribution in [0, 0.1) is 17.9 Å². The molecule has 0 aromatic carbocycles. The van der Waals surface area contributed by atoms with Crippen molar-refractivity contribution in [3.8, 4) is 0 Å². The maximum Gasteiger partial charge on any atom is 0.271 e. The molecule has 11 heterocycles. The number of carbonyl (C=O) groups excluding carboxylic acids is 5. The Labute approximate surface area is 720 Å². The molecule has 0 spiro atoms. The van der Waals surface area contributed by atoms with Gasteiger partial charge in [-0.2, -0.15) is 0 Å². The number of rotatable bonds is 26. The van der Waals surface area contributed by atoms with Gasteiger partial charge in [-0.15, -0.1) is 0 Å². The Morgan fingerprint density at radius 2 is 0.926 bits per heavy atom. The molecule has 6 fully saturated rings. The number of imidazole rings is 5. The van der Waals surface area contributed by atoms with E-state index in [1.807, 2.05) is 97.9 Å². The number of alkyl halides is 1. The Morgan fingerprint density at radius 3 is 1.35 bits per heavy atom. The lowest BCUT2D eigenvalue weighted by molar-refractivity contribution is -0.131. The molecule has 5 saturated carbocycles. The number of amides is 5. The number of pyridine rings is 5. The predicted molar refractivity (Wildman–Crippen MR) is 469 cm³/mol. The van der Waals surface area contributed by atoms with Gasteiger partial charge in [-0.1, -0.05) is 67.1 Å². The summed E-state index contributed by atoms with van der Waals surface area (Å²) in [6, 6.07) is 19.1. The number of anilines is 5. The first-order chi connectivity index (χ1) is 57.5. The van der Waals surface area contributed by atoms with Crippen molar-refractivity contribution in [2.75, 3.05) is 54.0 Å². The topological polar surface area (TPSA) is 340 Å². The minimum atomic E-state index is -1.11. The molecule has 34 heteroatoms. The van der Waals surface area contributed by atoms with Crippen LogP contribution in [-0.4, -0.2) is 158 Å². The van der Waals surface area contributed by atoms with E-state index in [0.29, 0.717) is 175 Å². The molecule has 30 nitrogen and oxygen atoms in total. The number of ether oxygens (including phenoxy) is 4. The van der Waals surface area contributed by atoms with Gasteiger partial charge in [-0.05, 0) is 249 Å². The maximum atomic E-state index is 13.6. The predicted octanol–water partition coefficient (Wildman–Crippen LogP) is 19.4. The number of halogens is 4. The molecule has 1 saturated heterocycles. The molecular formula is C87H115Cl3FN21O9. The van der Waals surface area contributed by atoms with Crippen LogP contribution in [0.2, 0.25) is 15.5 Å². The summed E-state index contributed by atoms with van der Waals surface area (Å²) in [7, 11) is 3.30. The molecule has 121 heavy (non-hydrogen) atoms. The highest BCUT2D eigenvalue weighted by molar-refractivity contribution is 6.30. The zero-order valence-corrected chi connectivity index (χ0v) is 74.0. The highest BCUT2D eigenvalue weighted by atomic mass is 35.5. The summed E-state index contributed by atoms with van der Waals surface area (Å²) in [5, 5.41) is 15.9. The van der Waals surface area contributed by atoms with Gasteiger partial charge in [-0.25, -0.2) is 49.2 Å². The second kappa shape index (κ2) is 39.4. The lowest BCUT2D eigenvalue weighted by Gasteiger charge is -2.38. The molecule has 5 aliphatic carbocycles. The van der Waals surface area contributed by atoms with Gasteiger partial charge in [0.2, 0.25) is 59.3 Å². The van der Waals surface area contributed by atoms with Crippen LogP contribution in [0.15, 0.2) is 66.9 Å². The van der Waals surface area contributed by atoms with Gasteiger partial charge in [0.15, 0.2) is 22.6 Å². The molecule has 5 amide bonds. The third-order valence-electron chi connectivity index (χ3n) is 23.1. The first-order valence-corrected chi connectivity index (χ1v) is 43.4. The number of nitrogens with one attached hydrogen (secondary N) is 5. The van der Waals surface area contributed by atoms with Gasteiger partial charge in [0.1, 0.15) is 48.7 Å². The fourth-order valence-corrected chi connectivity index (χ4v) is 15.8. The zero-order chi connectivity index (χ0) is 86.7. The zero-order valence-electron chi connectivity index (χ0n) is 71.7. The quantitative estimate of drug-likeness (QED) is 0.0191. The Balaban J connectivity index is 0.000000139. The normalized spacial score (nSPS) is 18.6. The van der Waals surface area contributed by atoms with Crippen molar-refractivity contribution in [3.63, 3.8) is 0 Å². The summed E-state index contributed by atoms with van der Waals surface area (Å²) < 4.78 is 45.7. The van der Waals surface area contributed by atoms with Gasteiger partial charge in [0.05, 0.1) is 42.5 Å². The summed E-state index contributed by atoms with van der Waals surface area (Å²) >= 11 is 18.0. The molecule has 1 aliphatic heterocycles. The number of hydrogen-bond acceptors (Lipinski definition) is 19. The van der Waals surface area contributed by atoms with Crippen molar-refractivity contribution >= 4 is 156 Å². The molecule has 0 unspecified atom stereocenters. The van der Waals surface area contributed by atoms with Crippen molar-refractivity contribution < 1.29 is 47.3 Å². The van der Waals surface area contributed by atoms with Crippen LogP contribution in [0.3, 0.4) is 0 Å². The van der Waals surface area contributed by atoms with E-state index in [1.165, 1.54) is 12.8 Å². The second-order valence-corrected chi connectivity index (χ2v) is 36.8. The highest BCUT2D eigenvalue weighted by Crippen LogP contribution is 2.45. The maximum absolute atomic E-state index is 13.6. The van der Waals surface area contributed by atoms with Crippen LogP contribution in [-0.2, 0) is 49.5 Å². The first kappa shape index (κ1) is 90.8. The summed E-state index contributed by atoms with van der Waals surface area (Å²) in [4.78, 5) is 110. The van der Waals surface area contributed by atoms with Crippen LogP contribution in [0.1, 0.15) is 254 Å². The van der Waals surface area contributed by atoms with E-state index in [1.54, 1.807) is 63.7 Å². The molecule has 10 aromatic rings. The number of hydrogen-bond donors (Lipinski definition) is 5. The van der Waals surface area contributed by atoms with Crippen LogP contribution < -0.4 is 26.6 Å². The van der Waals surface area contributed by atoms with Crippen LogP contribution in [0.25, 0.3) is 60.7 Å². The molecule has 0 radical (unpaired) electrons. The van der Waals surface area contributed by atoms with E-state index < -0.39 is 5.67 Å². The average molecular weight is 1720 g/mol. The summed E-state index contributed by atoms with van der Waals surface area (Å²) in [5.74, 6) is 2.79. The van der Waals surface area contributed by atoms with Crippen LogP contribution in [0.4, 0.5) is 39.9 Å². The number of nitrogens with zero attached hydrogens (tertiary/aromatic N) is 16.